The Bertz CT molecular complexity index is 380. The van der Waals surface area contributed by atoms with E-state index in [0.29, 0.717) is 12.4 Å². The lowest BCUT2D eigenvalue weighted by molar-refractivity contribution is 0.0694. The van der Waals surface area contributed by atoms with Gasteiger partial charge in [-0.1, -0.05) is 11.6 Å². The van der Waals surface area contributed by atoms with Crippen LogP contribution in [0, 0.1) is 0 Å². The molecule has 0 aliphatic rings. The van der Waals surface area contributed by atoms with Gasteiger partial charge in [-0.05, 0) is 18.2 Å². The van der Waals surface area contributed by atoms with E-state index in [1.807, 2.05) is 0 Å². The number of benzene rings is 1. The van der Waals surface area contributed by atoms with Crippen molar-refractivity contribution in [1.29, 1.82) is 0 Å². The highest BCUT2D eigenvalue weighted by Crippen LogP contribution is 2.25. The fourth-order valence-corrected chi connectivity index (χ4v) is 1.36. The highest BCUT2D eigenvalue weighted by Gasteiger charge is 2.07. The quantitative estimate of drug-likeness (QED) is 0.725. The molecular weight excluding hydrogens is 248 g/mol. The van der Waals surface area contributed by atoms with E-state index in [9.17, 15) is 4.79 Å². The molecule has 0 radical (unpaired) electrons. The van der Waals surface area contributed by atoms with Crippen molar-refractivity contribution in [1.82, 2.24) is 0 Å². The van der Waals surface area contributed by atoms with E-state index in [1.165, 1.54) is 18.2 Å². The summed E-state index contributed by atoms with van der Waals surface area (Å²) in [5.74, 6) is -0.631. The Morgan fingerprint density at radius 1 is 1.29 bits per heavy atom. The lowest BCUT2D eigenvalue weighted by Crippen LogP contribution is -2.09. The minimum Gasteiger partial charge on any atom is -0.490 e. The van der Waals surface area contributed by atoms with Crippen LogP contribution in [-0.2, 0) is 4.74 Å². The van der Waals surface area contributed by atoms with E-state index in [4.69, 9.17) is 31.3 Å². The number of halogens is 1. The summed E-state index contributed by atoms with van der Waals surface area (Å²) in [5, 5.41) is 17.4. The molecule has 0 aliphatic heterocycles. The molecule has 2 N–H and O–H groups in total. The van der Waals surface area contributed by atoms with Crippen molar-refractivity contribution in [2.24, 2.45) is 0 Å². The van der Waals surface area contributed by atoms with E-state index in [-0.39, 0.29) is 30.4 Å². The minimum absolute atomic E-state index is 0.0337. The number of aromatic carboxylic acids is 1. The van der Waals surface area contributed by atoms with E-state index in [2.05, 4.69) is 0 Å². The van der Waals surface area contributed by atoms with Gasteiger partial charge in [-0.25, -0.2) is 4.79 Å². The van der Waals surface area contributed by atoms with Gasteiger partial charge in [-0.15, -0.1) is 0 Å². The number of carboxylic acid groups (broad SMARTS) is 1. The Morgan fingerprint density at radius 2 is 2.06 bits per heavy atom. The van der Waals surface area contributed by atoms with Crippen molar-refractivity contribution in [3.05, 3.63) is 28.8 Å². The fourth-order valence-electron chi connectivity index (χ4n) is 1.13. The number of ether oxygens (including phenoxy) is 2. The van der Waals surface area contributed by atoms with Crippen LogP contribution in [0.4, 0.5) is 0 Å². The second-order valence-electron chi connectivity index (χ2n) is 3.13. The lowest BCUT2D eigenvalue weighted by atomic mass is 10.2. The highest BCUT2D eigenvalue weighted by molar-refractivity contribution is 6.32. The molecule has 0 atom stereocenters. The van der Waals surface area contributed by atoms with Gasteiger partial charge in [0.25, 0.3) is 0 Å². The van der Waals surface area contributed by atoms with Crippen LogP contribution in [0.3, 0.4) is 0 Å². The van der Waals surface area contributed by atoms with Gasteiger partial charge in [-0.3, -0.25) is 0 Å². The van der Waals surface area contributed by atoms with E-state index in [1.54, 1.807) is 0 Å². The van der Waals surface area contributed by atoms with Crippen LogP contribution in [0.1, 0.15) is 10.4 Å². The third kappa shape index (κ3) is 4.60. The molecule has 0 spiro atoms. The SMILES string of the molecule is O=C(O)c1ccc(OCCOCCO)c(Cl)c1. The Labute approximate surface area is 104 Å². The Hall–Kier alpha value is -1.30. The first-order valence-electron chi connectivity index (χ1n) is 4.99. The first kappa shape index (κ1) is 13.8. The Morgan fingerprint density at radius 3 is 2.65 bits per heavy atom. The fraction of sp³-hybridized carbons (Fsp3) is 0.364. The van der Waals surface area contributed by atoms with E-state index >= 15 is 0 Å². The zero-order valence-electron chi connectivity index (χ0n) is 9.06. The van der Waals surface area contributed by atoms with Crippen LogP contribution < -0.4 is 4.74 Å². The molecule has 5 nitrogen and oxygen atoms in total. The Balaban J connectivity index is 2.46. The molecule has 1 rings (SSSR count). The molecule has 0 aliphatic carbocycles. The van der Waals surface area contributed by atoms with Crippen LogP contribution in [0.5, 0.6) is 5.75 Å². The molecule has 0 heterocycles. The second-order valence-corrected chi connectivity index (χ2v) is 3.54. The maximum atomic E-state index is 10.7. The zero-order chi connectivity index (χ0) is 12.7. The number of carboxylic acids is 1. The normalized spacial score (nSPS) is 10.2. The zero-order valence-corrected chi connectivity index (χ0v) is 9.81. The molecule has 94 valence electrons. The van der Waals surface area contributed by atoms with Gasteiger partial charge in [0.15, 0.2) is 0 Å². The van der Waals surface area contributed by atoms with Crippen molar-refractivity contribution in [3.8, 4) is 5.75 Å². The minimum atomic E-state index is -1.04. The molecular formula is C11H13ClO5. The number of aliphatic hydroxyl groups is 1. The third-order valence-corrected chi connectivity index (χ3v) is 2.20. The van der Waals surface area contributed by atoms with Gasteiger partial charge in [0.1, 0.15) is 12.4 Å². The average molecular weight is 261 g/mol. The molecule has 1 aromatic carbocycles. The van der Waals surface area contributed by atoms with Gasteiger partial charge in [0.05, 0.1) is 30.4 Å². The summed E-state index contributed by atoms with van der Waals surface area (Å²) in [5.41, 5.74) is 0.110. The maximum absolute atomic E-state index is 10.7. The van der Waals surface area contributed by atoms with Crippen LogP contribution in [0.2, 0.25) is 5.02 Å². The average Bonchev–Trinajstić information content (AvgIpc) is 2.30. The number of aliphatic hydroxyl groups excluding tert-OH is 1. The van der Waals surface area contributed by atoms with Crippen molar-refractivity contribution in [3.63, 3.8) is 0 Å². The van der Waals surface area contributed by atoms with Crippen LogP contribution in [-0.4, -0.2) is 42.6 Å². The molecule has 0 amide bonds. The predicted octanol–water partition coefficient (Wildman–Crippen LogP) is 1.43. The summed E-state index contributed by atoms with van der Waals surface area (Å²) in [6.45, 7) is 0.840. The maximum Gasteiger partial charge on any atom is 0.335 e. The van der Waals surface area contributed by atoms with Crippen molar-refractivity contribution in [2.75, 3.05) is 26.4 Å². The van der Waals surface area contributed by atoms with Gasteiger partial charge < -0.3 is 19.7 Å². The summed E-state index contributed by atoms with van der Waals surface area (Å²) in [6, 6.07) is 4.24. The molecule has 0 unspecified atom stereocenters. The van der Waals surface area contributed by atoms with E-state index in [0.717, 1.165) is 0 Å². The molecule has 0 fully saturated rings. The number of rotatable bonds is 7. The number of carbonyl (C=O) groups is 1. The summed E-state index contributed by atoms with van der Waals surface area (Å²) in [4.78, 5) is 10.7. The second kappa shape index (κ2) is 7.11. The molecule has 1 aromatic rings. The highest BCUT2D eigenvalue weighted by atomic mass is 35.5. The van der Waals surface area contributed by atoms with Crippen LogP contribution in [0.15, 0.2) is 18.2 Å². The molecule has 0 saturated carbocycles. The lowest BCUT2D eigenvalue weighted by Gasteiger charge is -2.08. The summed E-state index contributed by atoms with van der Waals surface area (Å²) < 4.78 is 10.3. The van der Waals surface area contributed by atoms with Crippen molar-refractivity contribution >= 4 is 17.6 Å². The first-order valence-corrected chi connectivity index (χ1v) is 5.37. The summed E-state index contributed by atoms with van der Waals surface area (Å²) in [7, 11) is 0. The molecule has 0 aromatic heterocycles. The molecule has 0 saturated heterocycles. The van der Waals surface area contributed by atoms with Crippen LogP contribution in [0.25, 0.3) is 0 Å². The molecule has 0 bridgehead atoms. The predicted molar refractivity (Wildman–Crippen MR) is 61.8 cm³/mol. The number of hydrogen-bond acceptors (Lipinski definition) is 4. The van der Waals surface area contributed by atoms with E-state index < -0.39 is 5.97 Å². The topological polar surface area (TPSA) is 76.0 Å². The van der Waals surface area contributed by atoms with Crippen molar-refractivity contribution in [2.45, 2.75) is 0 Å². The molecule has 6 heteroatoms. The van der Waals surface area contributed by atoms with Crippen molar-refractivity contribution < 1.29 is 24.5 Å². The van der Waals surface area contributed by atoms with Gasteiger partial charge in [0, 0.05) is 0 Å². The monoisotopic (exact) mass is 260 g/mol. The number of hydrogen-bond donors (Lipinski definition) is 2. The summed E-state index contributed by atoms with van der Waals surface area (Å²) in [6.07, 6.45) is 0. The molecule has 17 heavy (non-hydrogen) atoms. The standard InChI is InChI=1S/C11H13ClO5/c12-9-7-8(11(14)15)1-2-10(9)17-6-5-16-4-3-13/h1-2,7,13H,3-6H2,(H,14,15). The van der Waals surface area contributed by atoms with Crippen LogP contribution >= 0.6 is 11.6 Å². The third-order valence-electron chi connectivity index (χ3n) is 1.90. The largest absolute Gasteiger partial charge is 0.490 e. The van der Waals surface area contributed by atoms with Gasteiger partial charge in [-0.2, -0.15) is 0 Å². The smallest absolute Gasteiger partial charge is 0.335 e. The first-order chi connectivity index (χ1) is 8.15. The Kier molecular flexibility index (Phi) is 5.76. The summed E-state index contributed by atoms with van der Waals surface area (Å²) >= 11 is 5.84. The van der Waals surface area contributed by atoms with Gasteiger partial charge >= 0.3 is 5.97 Å². The van der Waals surface area contributed by atoms with Gasteiger partial charge in [0.2, 0.25) is 0 Å².